The molecule has 1 aliphatic heterocycles. The van der Waals surface area contributed by atoms with Crippen LogP contribution < -0.4 is 5.32 Å². The number of piperazine rings is 1. The fraction of sp³-hybridized carbons (Fsp3) is 0.545. The Balaban J connectivity index is 2.26. The van der Waals surface area contributed by atoms with Crippen molar-refractivity contribution < 1.29 is 13.2 Å². The Morgan fingerprint density at radius 2 is 2.24 bits per heavy atom. The van der Waals surface area contributed by atoms with Crippen LogP contribution in [0, 0.1) is 0 Å². The van der Waals surface area contributed by atoms with Crippen LogP contribution in [0.4, 0.5) is 13.2 Å². The molecule has 94 valence electrons. The van der Waals surface area contributed by atoms with Gasteiger partial charge in [0.15, 0.2) is 0 Å². The second-order valence-corrected chi connectivity index (χ2v) is 4.17. The molecule has 0 spiro atoms. The molecule has 0 radical (unpaired) electrons. The van der Waals surface area contributed by atoms with Gasteiger partial charge in [-0.2, -0.15) is 13.2 Å². The Bertz CT molecular complexity index is 392. The molecule has 1 fully saturated rings. The van der Waals surface area contributed by atoms with Crippen LogP contribution in [0.3, 0.4) is 0 Å². The first kappa shape index (κ1) is 12.3. The number of hydrogen-bond donors (Lipinski definition) is 1. The van der Waals surface area contributed by atoms with E-state index in [1.54, 1.807) is 6.07 Å². The third-order valence-electron chi connectivity index (χ3n) is 2.97. The highest BCUT2D eigenvalue weighted by Gasteiger charge is 2.33. The molecular weight excluding hydrogens is 231 g/mol. The standard InChI is InChI=1S/C11H14F3N3/c1-17-5-4-15-7-9(17)8-2-3-16-10(6-8)11(12,13)14/h2-3,6,9,15H,4-5,7H2,1H3. The molecule has 3 nitrogen and oxygen atoms in total. The van der Waals surface area contributed by atoms with Crippen molar-refractivity contribution in [1.29, 1.82) is 0 Å². The number of hydrogen-bond acceptors (Lipinski definition) is 3. The van der Waals surface area contributed by atoms with Crippen molar-refractivity contribution in [2.45, 2.75) is 12.2 Å². The molecule has 1 saturated heterocycles. The van der Waals surface area contributed by atoms with Crippen LogP contribution in [0.5, 0.6) is 0 Å². The Hall–Kier alpha value is -1.14. The van der Waals surface area contributed by atoms with Crippen molar-refractivity contribution in [3.63, 3.8) is 0 Å². The lowest BCUT2D eigenvalue weighted by atomic mass is 10.0. The first-order valence-corrected chi connectivity index (χ1v) is 5.42. The van der Waals surface area contributed by atoms with E-state index in [0.717, 1.165) is 19.2 Å². The number of halogens is 3. The highest BCUT2D eigenvalue weighted by atomic mass is 19.4. The maximum Gasteiger partial charge on any atom is 0.433 e. The largest absolute Gasteiger partial charge is 0.433 e. The molecule has 1 aliphatic rings. The van der Waals surface area contributed by atoms with Crippen molar-refractivity contribution in [1.82, 2.24) is 15.2 Å². The summed E-state index contributed by atoms with van der Waals surface area (Å²) < 4.78 is 37.6. The summed E-state index contributed by atoms with van der Waals surface area (Å²) in [5, 5.41) is 3.18. The molecular formula is C11H14F3N3. The van der Waals surface area contributed by atoms with E-state index in [1.807, 2.05) is 11.9 Å². The van der Waals surface area contributed by atoms with Gasteiger partial charge in [-0.3, -0.25) is 9.88 Å². The number of rotatable bonds is 1. The van der Waals surface area contributed by atoms with Crippen LogP contribution in [-0.2, 0) is 6.18 Å². The molecule has 0 amide bonds. The summed E-state index contributed by atoms with van der Waals surface area (Å²) in [6.07, 6.45) is -3.16. The van der Waals surface area contributed by atoms with Crippen LogP contribution in [0.25, 0.3) is 0 Å². The number of aromatic nitrogens is 1. The van der Waals surface area contributed by atoms with Gasteiger partial charge in [0.2, 0.25) is 0 Å². The van der Waals surface area contributed by atoms with Gasteiger partial charge in [-0.05, 0) is 24.7 Å². The number of alkyl halides is 3. The first-order valence-electron chi connectivity index (χ1n) is 5.42. The quantitative estimate of drug-likeness (QED) is 0.816. The van der Waals surface area contributed by atoms with Crippen molar-refractivity contribution in [3.05, 3.63) is 29.6 Å². The van der Waals surface area contributed by atoms with E-state index >= 15 is 0 Å². The van der Waals surface area contributed by atoms with E-state index in [1.165, 1.54) is 6.20 Å². The minimum atomic E-state index is -4.38. The maximum atomic E-state index is 12.5. The van der Waals surface area contributed by atoms with Crippen molar-refractivity contribution in [3.8, 4) is 0 Å². The normalized spacial score (nSPS) is 22.7. The molecule has 0 saturated carbocycles. The summed E-state index contributed by atoms with van der Waals surface area (Å²) in [4.78, 5) is 5.41. The topological polar surface area (TPSA) is 28.2 Å². The second kappa shape index (κ2) is 4.62. The Kier molecular flexibility index (Phi) is 3.35. The summed E-state index contributed by atoms with van der Waals surface area (Å²) in [6, 6.07) is 2.75. The molecule has 17 heavy (non-hydrogen) atoms. The van der Waals surface area contributed by atoms with Gasteiger partial charge in [0.1, 0.15) is 5.69 Å². The van der Waals surface area contributed by atoms with Gasteiger partial charge in [-0.25, -0.2) is 0 Å². The summed E-state index contributed by atoms with van der Waals surface area (Å²) in [5.41, 5.74) is -0.170. The molecule has 1 N–H and O–H groups in total. The van der Waals surface area contributed by atoms with Crippen LogP contribution in [0.15, 0.2) is 18.3 Å². The Morgan fingerprint density at radius 1 is 1.47 bits per heavy atom. The molecule has 0 aliphatic carbocycles. The van der Waals surface area contributed by atoms with E-state index in [4.69, 9.17) is 0 Å². The molecule has 1 unspecified atom stereocenters. The fourth-order valence-electron chi connectivity index (χ4n) is 1.99. The van der Waals surface area contributed by atoms with Gasteiger partial charge in [0, 0.05) is 31.9 Å². The molecule has 0 bridgehead atoms. The average molecular weight is 245 g/mol. The smallest absolute Gasteiger partial charge is 0.314 e. The van der Waals surface area contributed by atoms with E-state index in [0.29, 0.717) is 12.1 Å². The zero-order valence-corrected chi connectivity index (χ0v) is 9.46. The van der Waals surface area contributed by atoms with Gasteiger partial charge in [-0.1, -0.05) is 0 Å². The summed E-state index contributed by atoms with van der Waals surface area (Å²) >= 11 is 0. The Labute approximate surface area is 97.6 Å². The van der Waals surface area contributed by atoms with Crippen LogP contribution in [0.2, 0.25) is 0 Å². The van der Waals surface area contributed by atoms with Crippen LogP contribution in [0.1, 0.15) is 17.3 Å². The van der Waals surface area contributed by atoms with E-state index in [-0.39, 0.29) is 6.04 Å². The highest BCUT2D eigenvalue weighted by Crippen LogP contribution is 2.30. The molecule has 1 aromatic rings. The lowest BCUT2D eigenvalue weighted by molar-refractivity contribution is -0.141. The first-order chi connectivity index (χ1) is 7.98. The zero-order valence-electron chi connectivity index (χ0n) is 9.46. The predicted octanol–water partition coefficient (Wildman–Crippen LogP) is 1.68. The zero-order chi connectivity index (χ0) is 12.5. The molecule has 2 heterocycles. The number of nitrogens with one attached hydrogen (secondary N) is 1. The van der Waals surface area contributed by atoms with E-state index in [2.05, 4.69) is 10.3 Å². The monoisotopic (exact) mass is 245 g/mol. The van der Waals surface area contributed by atoms with E-state index < -0.39 is 11.9 Å². The van der Waals surface area contributed by atoms with Crippen molar-refractivity contribution >= 4 is 0 Å². The molecule has 1 aromatic heterocycles. The highest BCUT2D eigenvalue weighted by molar-refractivity contribution is 5.22. The minimum absolute atomic E-state index is 0.0205. The number of nitrogens with zero attached hydrogens (tertiary/aromatic N) is 2. The number of pyridine rings is 1. The van der Waals surface area contributed by atoms with Crippen LogP contribution >= 0.6 is 0 Å². The second-order valence-electron chi connectivity index (χ2n) is 4.17. The summed E-state index contributed by atoms with van der Waals surface area (Å²) in [5.74, 6) is 0. The molecule has 0 aromatic carbocycles. The summed E-state index contributed by atoms with van der Waals surface area (Å²) in [7, 11) is 1.92. The van der Waals surface area contributed by atoms with Gasteiger partial charge >= 0.3 is 6.18 Å². The number of likely N-dealkylation sites (N-methyl/N-ethyl adjacent to an activating group) is 1. The van der Waals surface area contributed by atoms with Gasteiger partial charge < -0.3 is 5.32 Å². The summed E-state index contributed by atoms with van der Waals surface area (Å²) in [6.45, 7) is 2.36. The Morgan fingerprint density at radius 3 is 2.88 bits per heavy atom. The van der Waals surface area contributed by atoms with Gasteiger partial charge in [-0.15, -0.1) is 0 Å². The van der Waals surface area contributed by atoms with E-state index in [9.17, 15) is 13.2 Å². The molecule has 1 atom stereocenters. The van der Waals surface area contributed by atoms with Crippen molar-refractivity contribution in [2.75, 3.05) is 26.7 Å². The minimum Gasteiger partial charge on any atom is -0.314 e. The lowest BCUT2D eigenvalue weighted by Gasteiger charge is -2.33. The van der Waals surface area contributed by atoms with Crippen molar-refractivity contribution in [2.24, 2.45) is 0 Å². The molecule has 6 heteroatoms. The van der Waals surface area contributed by atoms with Gasteiger partial charge in [0.05, 0.1) is 0 Å². The maximum absolute atomic E-state index is 12.5. The third kappa shape index (κ3) is 2.76. The SMILES string of the molecule is CN1CCNCC1c1ccnc(C(F)(F)F)c1. The predicted molar refractivity (Wildman–Crippen MR) is 57.5 cm³/mol. The fourth-order valence-corrected chi connectivity index (χ4v) is 1.99. The van der Waals surface area contributed by atoms with Gasteiger partial charge in [0.25, 0.3) is 0 Å². The third-order valence-corrected chi connectivity index (χ3v) is 2.97. The molecule has 2 rings (SSSR count). The van der Waals surface area contributed by atoms with Crippen LogP contribution in [-0.4, -0.2) is 36.6 Å². The lowest BCUT2D eigenvalue weighted by Crippen LogP contribution is -2.43. The average Bonchev–Trinajstić information content (AvgIpc) is 2.29.